The Morgan fingerprint density at radius 1 is 1.47 bits per heavy atom. The minimum atomic E-state index is -0.608. The molecule has 1 aliphatic carbocycles. The van der Waals surface area contributed by atoms with Crippen LogP contribution in [0.5, 0.6) is 0 Å². The van der Waals surface area contributed by atoms with Gasteiger partial charge in [0.1, 0.15) is 6.10 Å². The lowest BCUT2D eigenvalue weighted by atomic mass is 9.64. The van der Waals surface area contributed by atoms with Crippen molar-refractivity contribution in [3.63, 3.8) is 0 Å². The first kappa shape index (κ1) is 14.3. The number of aromatic nitrogens is 1. The maximum atomic E-state index is 12.6. The molecule has 0 saturated heterocycles. The number of carbonyl (C=O) groups excluding carboxylic acids is 1. The average Bonchev–Trinajstić information content (AvgIpc) is 2.40. The van der Waals surface area contributed by atoms with Crippen LogP contribution in [0.15, 0.2) is 24.4 Å². The lowest BCUT2D eigenvalue weighted by molar-refractivity contribution is -0.138. The number of pyridine rings is 1. The highest BCUT2D eigenvalue weighted by atomic mass is 16.4. The van der Waals surface area contributed by atoms with E-state index in [2.05, 4.69) is 18.8 Å². The first-order chi connectivity index (χ1) is 9.00. The Morgan fingerprint density at radius 3 is 2.74 bits per heavy atom. The van der Waals surface area contributed by atoms with Crippen molar-refractivity contribution in [3.05, 3.63) is 30.1 Å². The third-order valence-electron chi connectivity index (χ3n) is 4.37. The van der Waals surface area contributed by atoms with Crippen molar-refractivity contribution in [2.45, 2.75) is 45.1 Å². The monoisotopic (exact) mass is 257 g/mol. The summed E-state index contributed by atoms with van der Waals surface area (Å²) >= 11 is 0. The van der Waals surface area contributed by atoms with Gasteiger partial charge < -0.3 is 4.65 Å². The summed E-state index contributed by atoms with van der Waals surface area (Å²) in [6.07, 6.45) is 2.86. The molecule has 0 amide bonds. The van der Waals surface area contributed by atoms with Crippen molar-refractivity contribution in [1.82, 2.24) is 4.98 Å². The summed E-state index contributed by atoms with van der Waals surface area (Å²) in [6, 6.07) is 5.74. The maximum absolute atomic E-state index is 12.6. The third kappa shape index (κ3) is 2.46. The minimum absolute atomic E-state index is 0.0327. The Morgan fingerprint density at radius 2 is 2.21 bits per heavy atom. The predicted molar refractivity (Wildman–Crippen MR) is 74.8 cm³/mol. The highest BCUT2D eigenvalue weighted by molar-refractivity contribution is 6.01. The zero-order valence-electron chi connectivity index (χ0n) is 11.8. The summed E-state index contributed by atoms with van der Waals surface area (Å²) in [6.45, 7) is 6.15. The standard InChI is InChI=1S/C15H20BNO2/c1-10(2)11-7-8-15(3,14(19-16)13(11)18)12-6-4-5-9-17-12/h4-6,9-11,14H,7-8H2,1-3H3. The van der Waals surface area contributed by atoms with E-state index in [9.17, 15) is 4.79 Å². The molecule has 100 valence electrons. The molecule has 0 bridgehead atoms. The van der Waals surface area contributed by atoms with Crippen LogP contribution < -0.4 is 0 Å². The first-order valence-corrected chi connectivity index (χ1v) is 6.81. The van der Waals surface area contributed by atoms with Gasteiger partial charge in [-0.15, -0.1) is 0 Å². The van der Waals surface area contributed by atoms with Crippen LogP contribution in [0.1, 0.15) is 39.3 Å². The number of hydrogen-bond acceptors (Lipinski definition) is 3. The molecule has 1 heterocycles. The molecular weight excluding hydrogens is 237 g/mol. The minimum Gasteiger partial charge on any atom is -0.438 e. The second kappa shape index (κ2) is 5.45. The summed E-state index contributed by atoms with van der Waals surface area (Å²) in [7, 11) is 5.42. The van der Waals surface area contributed by atoms with Gasteiger partial charge in [-0.2, -0.15) is 0 Å². The average molecular weight is 257 g/mol. The molecule has 1 aliphatic rings. The van der Waals surface area contributed by atoms with Crippen molar-refractivity contribution < 1.29 is 9.45 Å². The number of nitrogens with zero attached hydrogens (tertiary/aromatic N) is 1. The molecule has 1 aromatic rings. The van der Waals surface area contributed by atoms with Crippen LogP contribution >= 0.6 is 0 Å². The molecule has 3 unspecified atom stereocenters. The predicted octanol–water partition coefficient (Wildman–Crippen LogP) is 2.44. The Kier molecular flexibility index (Phi) is 4.09. The van der Waals surface area contributed by atoms with Gasteiger partial charge in [0.05, 0.1) is 0 Å². The van der Waals surface area contributed by atoms with E-state index in [0.29, 0.717) is 5.92 Å². The molecule has 0 N–H and O–H groups in total. The van der Waals surface area contributed by atoms with Gasteiger partial charge in [-0.3, -0.25) is 9.78 Å². The quantitative estimate of drug-likeness (QED) is 0.781. The van der Waals surface area contributed by atoms with Crippen LogP contribution in [-0.2, 0) is 14.9 Å². The zero-order valence-corrected chi connectivity index (χ0v) is 11.8. The maximum Gasteiger partial charge on any atom is 0.283 e. The van der Waals surface area contributed by atoms with Crippen molar-refractivity contribution in [1.29, 1.82) is 0 Å². The number of rotatable bonds is 3. The fourth-order valence-electron chi connectivity index (χ4n) is 3.08. The number of Topliss-reactive ketones (excluding diaryl/α,β-unsaturated/α-hetero) is 1. The Bertz CT molecular complexity index is 449. The van der Waals surface area contributed by atoms with E-state index in [1.807, 2.05) is 25.1 Å². The van der Waals surface area contributed by atoms with E-state index >= 15 is 0 Å². The van der Waals surface area contributed by atoms with E-state index in [1.54, 1.807) is 6.20 Å². The zero-order chi connectivity index (χ0) is 14.0. The summed E-state index contributed by atoms with van der Waals surface area (Å²) in [5.41, 5.74) is 0.444. The Labute approximate surface area is 116 Å². The van der Waals surface area contributed by atoms with Gasteiger partial charge >= 0.3 is 0 Å². The molecule has 2 rings (SSSR count). The fourth-order valence-corrected chi connectivity index (χ4v) is 3.08. The second-order valence-electron chi connectivity index (χ2n) is 5.94. The summed E-state index contributed by atoms with van der Waals surface area (Å²) < 4.78 is 5.06. The molecule has 19 heavy (non-hydrogen) atoms. The van der Waals surface area contributed by atoms with E-state index in [4.69, 9.17) is 12.7 Å². The van der Waals surface area contributed by atoms with Crippen LogP contribution in [0.25, 0.3) is 0 Å². The van der Waals surface area contributed by atoms with Crippen LogP contribution in [0, 0.1) is 11.8 Å². The number of carbonyl (C=O) groups is 1. The third-order valence-corrected chi connectivity index (χ3v) is 4.37. The summed E-state index contributed by atoms with van der Waals surface area (Å²) in [4.78, 5) is 16.9. The molecule has 2 radical (unpaired) electrons. The largest absolute Gasteiger partial charge is 0.438 e. The van der Waals surface area contributed by atoms with Gasteiger partial charge in [-0.1, -0.05) is 26.8 Å². The molecule has 1 aromatic heterocycles. The lowest BCUT2D eigenvalue weighted by Crippen LogP contribution is -2.52. The fraction of sp³-hybridized carbons (Fsp3) is 0.600. The van der Waals surface area contributed by atoms with Crippen LogP contribution in [0.3, 0.4) is 0 Å². The molecule has 3 nitrogen and oxygen atoms in total. The molecule has 0 spiro atoms. The van der Waals surface area contributed by atoms with E-state index in [0.717, 1.165) is 18.5 Å². The number of hydrogen-bond donors (Lipinski definition) is 0. The SMILES string of the molecule is [B]OC1C(=O)C(C(C)C)CCC1(C)c1ccccn1. The van der Waals surface area contributed by atoms with Crippen molar-refractivity contribution >= 4 is 13.8 Å². The molecule has 0 aromatic carbocycles. The van der Waals surface area contributed by atoms with Gasteiger partial charge in [-0.05, 0) is 30.9 Å². The van der Waals surface area contributed by atoms with Crippen molar-refractivity contribution in [2.24, 2.45) is 11.8 Å². The van der Waals surface area contributed by atoms with E-state index in [1.165, 1.54) is 0 Å². The Hall–Kier alpha value is -1.16. The molecule has 4 heteroatoms. The Balaban J connectivity index is 2.35. The van der Waals surface area contributed by atoms with Crippen LogP contribution in [0.2, 0.25) is 0 Å². The highest BCUT2D eigenvalue weighted by Gasteiger charge is 2.48. The normalized spacial score (nSPS) is 31.7. The van der Waals surface area contributed by atoms with Gasteiger partial charge in [0.25, 0.3) is 8.05 Å². The summed E-state index contributed by atoms with van der Waals surface area (Å²) in [5, 5.41) is 0. The lowest BCUT2D eigenvalue weighted by Gasteiger charge is -2.43. The van der Waals surface area contributed by atoms with Crippen LogP contribution in [-0.4, -0.2) is 24.9 Å². The van der Waals surface area contributed by atoms with Gasteiger partial charge in [0.2, 0.25) is 0 Å². The van der Waals surface area contributed by atoms with Crippen molar-refractivity contribution in [3.8, 4) is 0 Å². The van der Waals surface area contributed by atoms with Crippen molar-refractivity contribution in [2.75, 3.05) is 0 Å². The molecular formula is C15H20BNO2. The smallest absolute Gasteiger partial charge is 0.283 e. The second-order valence-corrected chi connectivity index (χ2v) is 5.94. The number of ketones is 1. The highest BCUT2D eigenvalue weighted by Crippen LogP contribution is 2.42. The summed E-state index contributed by atoms with van der Waals surface area (Å²) in [5.74, 6) is 0.459. The van der Waals surface area contributed by atoms with Crippen LogP contribution in [0.4, 0.5) is 0 Å². The van der Waals surface area contributed by atoms with Gasteiger partial charge in [0.15, 0.2) is 5.78 Å². The molecule has 1 fully saturated rings. The molecule has 1 saturated carbocycles. The van der Waals surface area contributed by atoms with Gasteiger partial charge in [-0.25, -0.2) is 0 Å². The van der Waals surface area contributed by atoms with E-state index in [-0.39, 0.29) is 11.7 Å². The topological polar surface area (TPSA) is 39.2 Å². The molecule has 0 aliphatic heterocycles. The first-order valence-electron chi connectivity index (χ1n) is 6.81. The molecule has 3 atom stereocenters. The van der Waals surface area contributed by atoms with E-state index < -0.39 is 11.5 Å². The van der Waals surface area contributed by atoms with Gasteiger partial charge in [0, 0.05) is 23.2 Å².